The minimum atomic E-state index is -3.60. The van der Waals surface area contributed by atoms with Crippen LogP contribution in [0.3, 0.4) is 0 Å². The predicted octanol–water partition coefficient (Wildman–Crippen LogP) is 2.41. The molecule has 5 nitrogen and oxygen atoms in total. The van der Waals surface area contributed by atoms with Gasteiger partial charge in [-0.25, -0.2) is 8.42 Å². The van der Waals surface area contributed by atoms with Gasteiger partial charge < -0.3 is 5.32 Å². The smallest absolute Gasteiger partial charge is 0.244 e. The van der Waals surface area contributed by atoms with Gasteiger partial charge in [0, 0.05) is 10.6 Å². The molecule has 0 aliphatic heterocycles. The Hall–Kier alpha value is -1.27. The monoisotopic (exact) mass is 332 g/mol. The number of nitrogens with zero attached hydrogens (tertiary/aromatic N) is 1. The number of benzene rings is 1. The van der Waals surface area contributed by atoms with Crippen LogP contribution in [0.4, 0.5) is 5.69 Å². The molecule has 1 rings (SSSR count). The van der Waals surface area contributed by atoms with Crippen molar-refractivity contribution in [2.75, 3.05) is 10.6 Å². The maximum atomic E-state index is 12.2. The average molecular weight is 333 g/mol. The van der Waals surface area contributed by atoms with Crippen LogP contribution in [-0.2, 0) is 14.8 Å². The molecule has 1 atom stereocenters. The molecule has 0 spiro atoms. The number of carbonyl (C=O) groups excluding carboxylic acids is 1. The first-order valence-corrected chi connectivity index (χ1v) is 8.71. The zero-order valence-corrected chi connectivity index (χ0v) is 14.4. The molecule has 0 saturated heterocycles. The molecule has 0 aliphatic carbocycles. The van der Waals surface area contributed by atoms with Crippen LogP contribution in [0, 0.1) is 0 Å². The third-order valence-electron chi connectivity index (χ3n) is 2.67. The number of hydrogen-bond acceptors (Lipinski definition) is 3. The van der Waals surface area contributed by atoms with Crippen molar-refractivity contribution in [1.82, 2.24) is 5.32 Å². The number of halogens is 1. The molecular formula is C14H21ClN2O3S. The summed E-state index contributed by atoms with van der Waals surface area (Å²) in [7, 11) is -3.60. The zero-order chi connectivity index (χ0) is 16.4. The highest BCUT2D eigenvalue weighted by molar-refractivity contribution is 7.92. The van der Waals surface area contributed by atoms with Crippen LogP contribution in [0.25, 0.3) is 0 Å². The number of amides is 1. The van der Waals surface area contributed by atoms with Crippen LogP contribution in [0.2, 0.25) is 5.02 Å². The first-order valence-electron chi connectivity index (χ1n) is 6.49. The number of sulfonamides is 1. The summed E-state index contributed by atoms with van der Waals surface area (Å²) in [6.45, 7) is 7.07. The van der Waals surface area contributed by atoms with Gasteiger partial charge in [-0.15, -0.1) is 0 Å². The molecule has 0 saturated carbocycles. The van der Waals surface area contributed by atoms with E-state index < -0.39 is 21.6 Å². The fourth-order valence-corrected chi connectivity index (χ4v) is 3.17. The summed E-state index contributed by atoms with van der Waals surface area (Å²) in [5.74, 6) is -0.358. The molecule has 21 heavy (non-hydrogen) atoms. The van der Waals surface area contributed by atoms with Crippen molar-refractivity contribution >= 4 is 33.2 Å². The summed E-state index contributed by atoms with van der Waals surface area (Å²) in [6.07, 6.45) is 1.07. The summed E-state index contributed by atoms with van der Waals surface area (Å²) in [5, 5.41) is 3.28. The quantitative estimate of drug-likeness (QED) is 0.920. The Bertz CT molecular complexity index is 606. The third kappa shape index (κ3) is 5.21. The van der Waals surface area contributed by atoms with E-state index in [9.17, 15) is 13.2 Å². The van der Waals surface area contributed by atoms with E-state index in [2.05, 4.69) is 5.32 Å². The lowest BCUT2D eigenvalue weighted by atomic mass is 10.1. The summed E-state index contributed by atoms with van der Waals surface area (Å²) in [6, 6.07) is 5.46. The average Bonchev–Trinajstić information content (AvgIpc) is 2.27. The molecule has 1 N–H and O–H groups in total. The normalized spacial score (nSPS) is 13.6. The first-order chi connectivity index (χ1) is 9.42. The van der Waals surface area contributed by atoms with Crippen LogP contribution < -0.4 is 9.62 Å². The Labute approximate surface area is 131 Å². The Kier molecular flexibility index (Phi) is 5.28. The van der Waals surface area contributed by atoms with E-state index in [0.29, 0.717) is 10.7 Å². The molecule has 0 fully saturated rings. The van der Waals surface area contributed by atoms with Crippen LogP contribution in [0.5, 0.6) is 0 Å². The number of hydrogen-bond donors (Lipinski definition) is 1. The second-order valence-corrected chi connectivity index (χ2v) is 8.25. The lowest BCUT2D eigenvalue weighted by Gasteiger charge is -2.31. The van der Waals surface area contributed by atoms with Crippen LogP contribution >= 0.6 is 11.6 Å². The zero-order valence-electron chi connectivity index (χ0n) is 12.8. The largest absolute Gasteiger partial charge is 0.350 e. The van der Waals surface area contributed by atoms with E-state index in [4.69, 9.17) is 11.6 Å². The Morgan fingerprint density at radius 3 is 2.10 bits per heavy atom. The Balaban J connectivity index is 3.15. The summed E-state index contributed by atoms with van der Waals surface area (Å²) < 4.78 is 25.2. The summed E-state index contributed by atoms with van der Waals surface area (Å²) in [4.78, 5) is 12.2. The van der Waals surface area contributed by atoms with Crippen molar-refractivity contribution < 1.29 is 13.2 Å². The van der Waals surface area contributed by atoms with Crippen molar-refractivity contribution in [3.63, 3.8) is 0 Å². The number of anilines is 1. The van der Waals surface area contributed by atoms with E-state index in [1.807, 2.05) is 20.8 Å². The van der Waals surface area contributed by atoms with Gasteiger partial charge in [-0.2, -0.15) is 0 Å². The van der Waals surface area contributed by atoms with Crippen molar-refractivity contribution in [3.8, 4) is 0 Å². The topological polar surface area (TPSA) is 66.5 Å². The Morgan fingerprint density at radius 2 is 1.71 bits per heavy atom. The minimum absolute atomic E-state index is 0.358. The van der Waals surface area contributed by atoms with E-state index >= 15 is 0 Å². The van der Waals surface area contributed by atoms with Gasteiger partial charge in [0.1, 0.15) is 6.04 Å². The molecule has 0 bridgehead atoms. The van der Waals surface area contributed by atoms with Gasteiger partial charge in [0.2, 0.25) is 15.9 Å². The maximum absolute atomic E-state index is 12.2. The molecule has 1 aromatic carbocycles. The third-order valence-corrected chi connectivity index (χ3v) is 4.16. The molecule has 118 valence electrons. The molecule has 0 heterocycles. The van der Waals surface area contributed by atoms with Gasteiger partial charge in [-0.1, -0.05) is 11.6 Å². The van der Waals surface area contributed by atoms with E-state index in [1.165, 1.54) is 0 Å². The molecule has 0 radical (unpaired) electrons. The second kappa shape index (κ2) is 6.23. The van der Waals surface area contributed by atoms with Crippen LogP contribution in [-0.4, -0.2) is 32.2 Å². The van der Waals surface area contributed by atoms with Crippen LogP contribution in [0.1, 0.15) is 27.7 Å². The molecule has 0 unspecified atom stereocenters. The molecule has 0 aromatic heterocycles. The first kappa shape index (κ1) is 17.8. The van der Waals surface area contributed by atoms with Gasteiger partial charge in [-0.05, 0) is 52.0 Å². The predicted molar refractivity (Wildman–Crippen MR) is 86.1 cm³/mol. The summed E-state index contributed by atoms with van der Waals surface area (Å²) >= 11 is 5.81. The van der Waals surface area contributed by atoms with Crippen molar-refractivity contribution in [2.24, 2.45) is 0 Å². The van der Waals surface area contributed by atoms with E-state index in [-0.39, 0.29) is 5.91 Å². The van der Waals surface area contributed by atoms with E-state index in [1.54, 1.807) is 31.2 Å². The molecule has 1 amide bonds. The second-order valence-electron chi connectivity index (χ2n) is 5.95. The standard InChI is InChI=1S/C14H21ClN2O3S/c1-10(13(18)16-14(2,3)4)17(21(5,19)20)12-8-6-11(15)7-9-12/h6-10H,1-5H3,(H,16,18)/t10-/m1/s1. The Morgan fingerprint density at radius 1 is 1.24 bits per heavy atom. The van der Waals surface area contributed by atoms with Crippen molar-refractivity contribution in [1.29, 1.82) is 0 Å². The van der Waals surface area contributed by atoms with Crippen LogP contribution in [0.15, 0.2) is 24.3 Å². The van der Waals surface area contributed by atoms with Gasteiger partial charge in [-0.3, -0.25) is 9.10 Å². The molecule has 0 aliphatic rings. The molecule has 7 heteroatoms. The van der Waals surface area contributed by atoms with Crippen molar-refractivity contribution in [2.45, 2.75) is 39.3 Å². The number of carbonyl (C=O) groups is 1. The van der Waals surface area contributed by atoms with Gasteiger partial charge in [0.15, 0.2) is 0 Å². The highest BCUT2D eigenvalue weighted by Gasteiger charge is 2.30. The highest BCUT2D eigenvalue weighted by atomic mass is 35.5. The van der Waals surface area contributed by atoms with E-state index in [0.717, 1.165) is 10.6 Å². The maximum Gasteiger partial charge on any atom is 0.244 e. The number of nitrogens with one attached hydrogen (secondary N) is 1. The van der Waals surface area contributed by atoms with Crippen molar-refractivity contribution in [3.05, 3.63) is 29.3 Å². The minimum Gasteiger partial charge on any atom is -0.350 e. The summed E-state index contributed by atoms with van der Waals surface area (Å²) in [5.41, 5.74) is -0.0346. The SMILES string of the molecule is C[C@H](C(=O)NC(C)(C)C)N(c1ccc(Cl)cc1)S(C)(=O)=O. The fourth-order valence-electron chi connectivity index (χ4n) is 1.87. The highest BCUT2D eigenvalue weighted by Crippen LogP contribution is 2.23. The lowest BCUT2D eigenvalue weighted by molar-refractivity contribution is -0.123. The van der Waals surface area contributed by atoms with Gasteiger partial charge >= 0.3 is 0 Å². The van der Waals surface area contributed by atoms with Gasteiger partial charge in [0.25, 0.3) is 0 Å². The fraction of sp³-hybridized carbons (Fsp3) is 0.500. The molecule has 1 aromatic rings. The number of rotatable bonds is 4. The van der Waals surface area contributed by atoms with Gasteiger partial charge in [0.05, 0.1) is 11.9 Å². The molecular weight excluding hydrogens is 312 g/mol. The lowest BCUT2D eigenvalue weighted by Crippen LogP contribution is -2.52.